The van der Waals surface area contributed by atoms with Crippen LogP contribution in [0.1, 0.15) is 18.4 Å². The lowest BCUT2D eigenvalue weighted by Crippen LogP contribution is -2.27. The standard InChI is InChI=1S/C13H15ClF3NO/c1-19-7-12(8-2-3-8)18-11-6-9(13(15,16)17)4-5-10(11)14/h4-6,8,12,18H,2-3,7H2,1H3. The Labute approximate surface area is 114 Å². The highest BCUT2D eigenvalue weighted by molar-refractivity contribution is 6.33. The Bertz CT molecular complexity index is 446. The summed E-state index contributed by atoms with van der Waals surface area (Å²) in [6.07, 6.45) is -2.23. The van der Waals surface area contributed by atoms with E-state index in [9.17, 15) is 13.2 Å². The van der Waals surface area contributed by atoms with Crippen molar-refractivity contribution < 1.29 is 17.9 Å². The smallest absolute Gasteiger partial charge is 0.383 e. The van der Waals surface area contributed by atoms with Crippen LogP contribution < -0.4 is 5.32 Å². The van der Waals surface area contributed by atoms with Crippen molar-refractivity contribution in [3.8, 4) is 0 Å². The van der Waals surface area contributed by atoms with Gasteiger partial charge in [0.1, 0.15) is 0 Å². The molecule has 19 heavy (non-hydrogen) atoms. The normalized spacial score (nSPS) is 17.3. The summed E-state index contributed by atoms with van der Waals surface area (Å²) in [6.45, 7) is 0.456. The van der Waals surface area contributed by atoms with Gasteiger partial charge in [-0.2, -0.15) is 13.2 Å². The van der Waals surface area contributed by atoms with Crippen molar-refractivity contribution in [2.75, 3.05) is 19.0 Å². The van der Waals surface area contributed by atoms with Gasteiger partial charge in [0.25, 0.3) is 0 Å². The van der Waals surface area contributed by atoms with E-state index in [0.29, 0.717) is 18.2 Å². The number of halogens is 4. The van der Waals surface area contributed by atoms with Gasteiger partial charge >= 0.3 is 6.18 Å². The molecule has 1 aromatic rings. The van der Waals surface area contributed by atoms with E-state index in [1.807, 2.05) is 0 Å². The fourth-order valence-electron chi connectivity index (χ4n) is 1.99. The Morgan fingerprint density at radius 3 is 2.63 bits per heavy atom. The highest BCUT2D eigenvalue weighted by Gasteiger charge is 2.33. The van der Waals surface area contributed by atoms with E-state index in [0.717, 1.165) is 25.0 Å². The van der Waals surface area contributed by atoms with Crippen LogP contribution in [0.4, 0.5) is 18.9 Å². The van der Waals surface area contributed by atoms with Gasteiger partial charge in [-0.25, -0.2) is 0 Å². The van der Waals surface area contributed by atoms with E-state index in [-0.39, 0.29) is 11.1 Å². The maximum absolute atomic E-state index is 12.7. The average molecular weight is 294 g/mol. The molecule has 1 fully saturated rings. The lowest BCUT2D eigenvalue weighted by atomic mass is 10.1. The first-order chi connectivity index (χ1) is 8.91. The first-order valence-electron chi connectivity index (χ1n) is 6.04. The number of benzene rings is 1. The van der Waals surface area contributed by atoms with Crippen LogP contribution in [-0.4, -0.2) is 19.8 Å². The molecule has 1 atom stereocenters. The predicted molar refractivity (Wildman–Crippen MR) is 68.5 cm³/mol. The minimum absolute atomic E-state index is 0.00554. The zero-order valence-corrected chi connectivity index (χ0v) is 11.2. The van der Waals surface area contributed by atoms with Gasteiger partial charge in [0, 0.05) is 7.11 Å². The van der Waals surface area contributed by atoms with E-state index in [2.05, 4.69) is 5.32 Å². The second-order valence-corrected chi connectivity index (χ2v) is 5.14. The van der Waals surface area contributed by atoms with Crippen LogP contribution in [-0.2, 0) is 10.9 Å². The first-order valence-corrected chi connectivity index (χ1v) is 6.42. The molecule has 2 rings (SSSR count). The fourth-order valence-corrected chi connectivity index (χ4v) is 2.16. The summed E-state index contributed by atoms with van der Waals surface area (Å²) in [7, 11) is 1.57. The number of methoxy groups -OCH3 is 1. The Balaban J connectivity index is 2.18. The van der Waals surface area contributed by atoms with Crippen LogP contribution >= 0.6 is 11.6 Å². The molecule has 1 N–H and O–H groups in total. The molecule has 0 saturated heterocycles. The number of hydrogen-bond acceptors (Lipinski definition) is 2. The molecule has 0 radical (unpaired) electrons. The van der Waals surface area contributed by atoms with Gasteiger partial charge in [0.2, 0.25) is 0 Å². The molecule has 2 nitrogen and oxygen atoms in total. The predicted octanol–water partition coefficient (Wildman–Crippen LogP) is 4.20. The minimum atomic E-state index is -4.36. The van der Waals surface area contributed by atoms with E-state index in [1.165, 1.54) is 6.07 Å². The van der Waals surface area contributed by atoms with Gasteiger partial charge in [0.15, 0.2) is 0 Å². The quantitative estimate of drug-likeness (QED) is 0.878. The summed E-state index contributed by atoms with van der Waals surface area (Å²) in [6, 6.07) is 3.30. The summed E-state index contributed by atoms with van der Waals surface area (Å²) < 4.78 is 43.1. The molecular weight excluding hydrogens is 279 g/mol. The van der Waals surface area contributed by atoms with Crippen molar-refractivity contribution in [3.05, 3.63) is 28.8 Å². The lowest BCUT2D eigenvalue weighted by molar-refractivity contribution is -0.137. The van der Waals surface area contributed by atoms with E-state index >= 15 is 0 Å². The first kappa shape index (κ1) is 14.5. The molecule has 1 aliphatic rings. The molecular formula is C13H15ClF3NO. The molecule has 6 heteroatoms. The van der Waals surface area contributed by atoms with Crippen molar-refractivity contribution >= 4 is 17.3 Å². The van der Waals surface area contributed by atoms with Crippen LogP contribution in [0.5, 0.6) is 0 Å². The second-order valence-electron chi connectivity index (χ2n) is 4.74. The van der Waals surface area contributed by atoms with Crippen LogP contribution in [0.25, 0.3) is 0 Å². The summed E-state index contributed by atoms with van der Waals surface area (Å²) in [5.41, 5.74) is -0.392. The molecule has 0 amide bonds. The third kappa shape index (κ3) is 3.76. The highest BCUT2D eigenvalue weighted by Crippen LogP contribution is 2.37. The number of anilines is 1. The zero-order chi connectivity index (χ0) is 14.0. The minimum Gasteiger partial charge on any atom is -0.383 e. The zero-order valence-electron chi connectivity index (χ0n) is 10.4. The second kappa shape index (κ2) is 5.59. The highest BCUT2D eigenvalue weighted by atomic mass is 35.5. The van der Waals surface area contributed by atoms with Crippen LogP contribution in [0.2, 0.25) is 5.02 Å². The molecule has 1 saturated carbocycles. The lowest BCUT2D eigenvalue weighted by Gasteiger charge is -2.20. The van der Waals surface area contributed by atoms with Gasteiger partial charge in [-0.3, -0.25) is 0 Å². The number of ether oxygens (including phenoxy) is 1. The summed E-state index contributed by atoms with van der Waals surface area (Å²) in [4.78, 5) is 0. The number of rotatable bonds is 5. The third-order valence-electron chi connectivity index (χ3n) is 3.17. The monoisotopic (exact) mass is 293 g/mol. The van der Waals surface area contributed by atoms with E-state index in [1.54, 1.807) is 7.11 Å². The SMILES string of the molecule is COCC(Nc1cc(C(F)(F)F)ccc1Cl)C1CC1. The van der Waals surface area contributed by atoms with Crippen molar-refractivity contribution in [1.29, 1.82) is 0 Å². The summed E-state index contributed by atoms with van der Waals surface area (Å²) in [5.74, 6) is 0.450. The summed E-state index contributed by atoms with van der Waals surface area (Å²) >= 11 is 5.94. The van der Waals surface area contributed by atoms with Crippen LogP contribution in [0.15, 0.2) is 18.2 Å². The van der Waals surface area contributed by atoms with Crippen molar-refractivity contribution in [2.24, 2.45) is 5.92 Å². The number of nitrogens with one attached hydrogen (secondary N) is 1. The van der Waals surface area contributed by atoms with Gasteiger partial charge in [-0.1, -0.05) is 11.6 Å². The van der Waals surface area contributed by atoms with Crippen molar-refractivity contribution in [3.63, 3.8) is 0 Å². The Morgan fingerprint density at radius 2 is 2.11 bits per heavy atom. The third-order valence-corrected chi connectivity index (χ3v) is 3.50. The average Bonchev–Trinajstić information content (AvgIpc) is 3.13. The van der Waals surface area contributed by atoms with E-state index in [4.69, 9.17) is 16.3 Å². The van der Waals surface area contributed by atoms with Crippen LogP contribution in [0.3, 0.4) is 0 Å². The van der Waals surface area contributed by atoms with Crippen LogP contribution in [0, 0.1) is 5.92 Å². The van der Waals surface area contributed by atoms with Crippen molar-refractivity contribution in [1.82, 2.24) is 0 Å². The molecule has 0 heterocycles. The molecule has 1 aromatic carbocycles. The topological polar surface area (TPSA) is 21.3 Å². The Morgan fingerprint density at radius 1 is 1.42 bits per heavy atom. The maximum atomic E-state index is 12.7. The van der Waals surface area contributed by atoms with Gasteiger partial charge in [-0.15, -0.1) is 0 Å². The molecule has 0 bridgehead atoms. The molecule has 1 aliphatic carbocycles. The molecule has 1 unspecified atom stereocenters. The molecule has 0 aliphatic heterocycles. The largest absolute Gasteiger partial charge is 0.416 e. The Hall–Kier alpha value is -0.940. The Kier molecular flexibility index (Phi) is 4.26. The number of hydrogen-bond donors (Lipinski definition) is 1. The molecule has 106 valence electrons. The van der Waals surface area contributed by atoms with E-state index < -0.39 is 11.7 Å². The fraction of sp³-hybridized carbons (Fsp3) is 0.538. The van der Waals surface area contributed by atoms with Gasteiger partial charge in [-0.05, 0) is 37.0 Å². The summed E-state index contributed by atoms with van der Waals surface area (Å²) in [5, 5.41) is 3.35. The van der Waals surface area contributed by atoms with Crippen molar-refractivity contribution in [2.45, 2.75) is 25.1 Å². The molecule has 0 spiro atoms. The maximum Gasteiger partial charge on any atom is 0.416 e. The molecule has 0 aromatic heterocycles. The van der Waals surface area contributed by atoms with Gasteiger partial charge in [0.05, 0.1) is 28.9 Å². The number of alkyl halides is 3. The van der Waals surface area contributed by atoms with Gasteiger partial charge < -0.3 is 10.1 Å².